The summed E-state index contributed by atoms with van der Waals surface area (Å²) >= 11 is 0. The standard InChI is InChI=1S/C53H103NO5/c1-3-5-7-9-11-13-15-17-18-19-23-27-31-35-39-43-47-53(58)59-48-44-40-36-32-28-24-20-22-26-30-34-38-42-46-52(57)54-50(49-55)51(56)45-41-37-33-29-25-21-16-14-12-10-8-6-4-2/h22,26,50-51,55-56H,3-21,23-25,27-49H2,1-2H3,(H,54,57)/b26-22-. The van der Waals surface area contributed by atoms with Gasteiger partial charge in [0, 0.05) is 12.8 Å². The molecule has 0 aliphatic heterocycles. The van der Waals surface area contributed by atoms with Crippen molar-refractivity contribution in [1.82, 2.24) is 5.32 Å². The van der Waals surface area contributed by atoms with E-state index in [0.29, 0.717) is 25.9 Å². The molecule has 6 nitrogen and oxygen atoms in total. The third kappa shape index (κ3) is 45.9. The van der Waals surface area contributed by atoms with Crippen molar-refractivity contribution in [2.75, 3.05) is 13.2 Å². The van der Waals surface area contributed by atoms with Crippen molar-refractivity contribution >= 4 is 11.9 Å². The smallest absolute Gasteiger partial charge is 0.305 e. The first-order valence-electron chi connectivity index (χ1n) is 26.4. The van der Waals surface area contributed by atoms with E-state index in [0.717, 1.165) is 70.6 Å². The van der Waals surface area contributed by atoms with E-state index in [9.17, 15) is 19.8 Å². The lowest BCUT2D eigenvalue weighted by atomic mass is 10.0. The summed E-state index contributed by atoms with van der Waals surface area (Å²) in [7, 11) is 0. The second kappa shape index (κ2) is 49.3. The molecule has 6 heteroatoms. The van der Waals surface area contributed by atoms with Crippen molar-refractivity contribution in [1.29, 1.82) is 0 Å². The summed E-state index contributed by atoms with van der Waals surface area (Å²) in [5, 5.41) is 23.2. The van der Waals surface area contributed by atoms with Crippen molar-refractivity contribution in [3.05, 3.63) is 12.2 Å². The van der Waals surface area contributed by atoms with Crippen LogP contribution in [0.1, 0.15) is 290 Å². The summed E-state index contributed by atoms with van der Waals surface area (Å²) < 4.78 is 5.46. The van der Waals surface area contributed by atoms with Crippen LogP contribution in [0.2, 0.25) is 0 Å². The zero-order valence-corrected chi connectivity index (χ0v) is 39.7. The minimum Gasteiger partial charge on any atom is -0.466 e. The molecule has 0 saturated carbocycles. The summed E-state index contributed by atoms with van der Waals surface area (Å²) in [5.74, 6) is -0.0731. The Morgan fingerprint density at radius 3 is 1.22 bits per heavy atom. The molecule has 0 rings (SSSR count). The maximum atomic E-state index is 12.4. The van der Waals surface area contributed by atoms with Gasteiger partial charge in [-0.2, -0.15) is 0 Å². The molecular formula is C53H103NO5. The van der Waals surface area contributed by atoms with Gasteiger partial charge in [-0.25, -0.2) is 0 Å². The van der Waals surface area contributed by atoms with Gasteiger partial charge in [-0.05, 0) is 51.4 Å². The van der Waals surface area contributed by atoms with E-state index in [1.807, 2.05) is 0 Å². The van der Waals surface area contributed by atoms with Gasteiger partial charge in [-0.3, -0.25) is 9.59 Å². The van der Waals surface area contributed by atoms with Crippen molar-refractivity contribution in [3.8, 4) is 0 Å². The summed E-state index contributed by atoms with van der Waals surface area (Å²) in [4.78, 5) is 24.5. The number of amides is 1. The molecule has 2 atom stereocenters. The minimum atomic E-state index is -0.679. The van der Waals surface area contributed by atoms with Crippen molar-refractivity contribution < 1.29 is 24.5 Å². The molecule has 0 aromatic heterocycles. The van der Waals surface area contributed by atoms with Crippen LogP contribution in [-0.2, 0) is 14.3 Å². The molecule has 3 N–H and O–H groups in total. The van der Waals surface area contributed by atoms with Crippen LogP contribution in [-0.4, -0.2) is 47.4 Å². The Labute approximate surface area is 368 Å². The lowest BCUT2D eigenvalue weighted by Gasteiger charge is -2.22. The number of ether oxygens (including phenoxy) is 1. The predicted molar refractivity (Wildman–Crippen MR) is 255 cm³/mol. The maximum absolute atomic E-state index is 12.4. The molecule has 0 saturated heterocycles. The number of carbonyl (C=O) groups excluding carboxylic acids is 2. The van der Waals surface area contributed by atoms with Crippen LogP contribution in [0.25, 0.3) is 0 Å². The van der Waals surface area contributed by atoms with Gasteiger partial charge in [0.1, 0.15) is 0 Å². The Balaban J connectivity index is 3.47. The number of rotatable bonds is 49. The molecule has 0 aliphatic rings. The highest BCUT2D eigenvalue weighted by Gasteiger charge is 2.20. The summed E-state index contributed by atoms with van der Waals surface area (Å²) in [5.41, 5.74) is 0. The molecule has 0 aromatic rings. The van der Waals surface area contributed by atoms with Gasteiger partial charge in [0.05, 0.1) is 25.4 Å². The van der Waals surface area contributed by atoms with Crippen molar-refractivity contribution in [2.45, 2.75) is 302 Å². The van der Waals surface area contributed by atoms with Crippen molar-refractivity contribution in [2.24, 2.45) is 0 Å². The van der Waals surface area contributed by atoms with Crippen LogP contribution in [0.15, 0.2) is 12.2 Å². The SMILES string of the molecule is CCCCCCCCCCCCCCCCCCC(=O)OCCCCCCCC/C=C\CCCCCC(=O)NC(CO)C(O)CCCCCCCCCCCCCCC. The second-order valence-electron chi connectivity index (χ2n) is 18.2. The minimum absolute atomic E-state index is 0.00897. The molecule has 350 valence electrons. The number of hydrogen-bond acceptors (Lipinski definition) is 5. The zero-order chi connectivity index (χ0) is 43.0. The Bertz CT molecular complexity index is 878. The second-order valence-corrected chi connectivity index (χ2v) is 18.2. The molecule has 2 unspecified atom stereocenters. The molecule has 0 fully saturated rings. The lowest BCUT2D eigenvalue weighted by molar-refractivity contribution is -0.143. The van der Waals surface area contributed by atoms with Gasteiger partial charge < -0.3 is 20.3 Å². The zero-order valence-electron chi connectivity index (χ0n) is 39.7. The molecule has 0 bridgehead atoms. The number of hydrogen-bond donors (Lipinski definition) is 3. The van der Waals surface area contributed by atoms with Crippen LogP contribution in [0.5, 0.6) is 0 Å². The monoisotopic (exact) mass is 834 g/mol. The fraction of sp³-hybridized carbons (Fsp3) is 0.925. The van der Waals surface area contributed by atoms with Gasteiger partial charge in [-0.1, -0.05) is 238 Å². The van der Waals surface area contributed by atoms with E-state index in [-0.39, 0.29) is 18.5 Å². The van der Waals surface area contributed by atoms with Crippen LogP contribution < -0.4 is 5.32 Å². The van der Waals surface area contributed by atoms with Crippen LogP contribution >= 0.6 is 0 Å². The maximum Gasteiger partial charge on any atom is 0.305 e. The number of esters is 1. The van der Waals surface area contributed by atoms with Crippen LogP contribution in [0.3, 0.4) is 0 Å². The number of carbonyl (C=O) groups is 2. The first-order valence-corrected chi connectivity index (χ1v) is 26.4. The first kappa shape index (κ1) is 57.6. The fourth-order valence-electron chi connectivity index (χ4n) is 8.22. The molecule has 0 heterocycles. The predicted octanol–water partition coefficient (Wildman–Crippen LogP) is 15.7. The Morgan fingerprint density at radius 1 is 0.458 bits per heavy atom. The fourth-order valence-corrected chi connectivity index (χ4v) is 8.22. The highest BCUT2D eigenvalue weighted by atomic mass is 16.5. The number of unbranched alkanes of at least 4 members (excludes halogenated alkanes) is 36. The van der Waals surface area contributed by atoms with E-state index in [1.165, 1.54) is 186 Å². The van der Waals surface area contributed by atoms with Gasteiger partial charge in [-0.15, -0.1) is 0 Å². The Hall–Kier alpha value is -1.40. The van der Waals surface area contributed by atoms with Crippen molar-refractivity contribution in [3.63, 3.8) is 0 Å². The summed E-state index contributed by atoms with van der Waals surface area (Å²) in [6.45, 7) is 4.92. The third-order valence-corrected chi connectivity index (χ3v) is 12.3. The van der Waals surface area contributed by atoms with E-state index in [4.69, 9.17) is 4.74 Å². The largest absolute Gasteiger partial charge is 0.466 e. The molecule has 0 aliphatic carbocycles. The molecule has 1 amide bonds. The van der Waals surface area contributed by atoms with Gasteiger partial charge >= 0.3 is 5.97 Å². The Kier molecular flexibility index (Phi) is 48.1. The van der Waals surface area contributed by atoms with Gasteiger partial charge in [0.15, 0.2) is 0 Å². The number of aliphatic hydroxyl groups is 2. The van der Waals surface area contributed by atoms with Gasteiger partial charge in [0.2, 0.25) is 5.91 Å². The quantitative estimate of drug-likeness (QED) is 0.0322. The number of aliphatic hydroxyl groups excluding tert-OH is 2. The average Bonchev–Trinajstić information content (AvgIpc) is 3.24. The lowest BCUT2D eigenvalue weighted by Crippen LogP contribution is -2.45. The van der Waals surface area contributed by atoms with E-state index in [2.05, 4.69) is 31.3 Å². The number of nitrogens with one attached hydrogen (secondary N) is 1. The highest BCUT2D eigenvalue weighted by molar-refractivity contribution is 5.76. The molecular weight excluding hydrogens is 731 g/mol. The van der Waals surface area contributed by atoms with Crippen LogP contribution in [0.4, 0.5) is 0 Å². The Morgan fingerprint density at radius 2 is 0.797 bits per heavy atom. The first-order chi connectivity index (χ1) is 29.0. The average molecular weight is 834 g/mol. The van der Waals surface area contributed by atoms with E-state index < -0.39 is 12.1 Å². The van der Waals surface area contributed by atoms with Gasteiger partial charge in [0.25, 0.3) is 0 Å². The molecule has 59 heavy (non-hydrogen) atoms. The van der Waals surface area contributed by atoms with Crippen LogP contribution in [0, 0.1) is 0 Å². The highest BCUT2D eigenvalue weighted by Crippen LogP contribution is 2.17. The third-order valence-electron chi connectivity index (χ3n) is 12.3. The van der Waals surface area contributed by atoms with E-state index >= 15 is 0 Å². The number of allylic oxidation sites excluding steroid dienone is 2. The summed E-state index contributed by atoms with van der Waals surface area (Å²) in [6, 6.07) is -0.560. The summed E-state index contributed by atoms with van der Waals surface area (Å²) in [6.07, 6.45) is 56.1. The van der Waals surface area contributed by atoms with E-state index in [1.54, 1.807) is 0 Å². The topological polar surface area (TPSA) is 95.9 Å². The molecule has 0 spiro atoms. The molecule has 0 radical (unpaired) electrons. The normalized spacial score (nSPS) is 12.7. The molecule has 0 aromatic carbocycles.